The minimum Gasteiger partial charge on any atom is -0.352 e. The number of para-hydroxylation sites is 1. The van der Waals surface area contributed by atoms with Crippen molar-refractivity contribution in [2.45, 2.75) is 37.8 Å². The summed E-state index contributed by atoms with van der Waals surface area (Å²) in [5.41, 5.74) is 4.09. The monoisotopic (exact) mass is 533 g/mol. The summed E-state index contributed by atoms with van der Waals surface area (Å²) in [5, 5.41) is 4.36. The van der Waals surface area contributed by atoms with E-state index in [1.165, 1.54) is 41.4 Å². The highest BCUT2D eigenvalue weighted by atomic mass is 19.4. The van der Waals surface area contributed by atoms with E-state index >= 15 is 0 Å². The molecular formula is C32H34F3N3O. The fraction of sp³-hybridized carbons (Fsp3) is 0.344. The Hall–Kier alpha value is -3.58. The number of amides is 1. The van der Waals surface area contributed by atoms with Crippen molar-refractivity contribution in [1.82, 2.24) is 14.8 Å². The molecule has 1 fully saturated rings. The zero-order chi connectivity index (χ0) is 27.4. The van der Waals surface area contributed by atoms with E-state index in [2.05, 4.69) is 52.3 Å². The van der Waals surface area contributed by atoms with Gasteiger partial charge in [0.25, 0.3) is 5.91 Å². The van der Waals surface area contributed by atoms with Gasteiger partial charge >= 0.3 is 6.18 Å². The number of hydrogen-bond acceptors (Lipinski definition) is 2. The second-order valence-corrected chi connectivity index (χ2v) is 10.4. The molecule has 0 spiro atoms. The maximum absolute atomic E-state index is 12.8. The van der Waals surface area contributed by atoms with E-state index in [9.17, 15) is 18.0 Å². The number of rotatable bonds is 8. The van der Waals surface area contributed by atoms with Crippen molar-refractivity contribution in [3.05, 3.63) is 95.7 Å². The number of nitrogens with zero attached hydrogens (tertiary/aromatic N) is 2. The zero-order valence-corrected chi connectivity index (χ0v) is 22.2. The van der Waals surface area contributed by atoms with Crippen molar-refractivity contribution >= 4 is 16.8 Å². The predicted molar refractivity (Wildman–Crippen MR) is 150 cm³/mol. The molecule has 2 heterocycles. The fourth-order valence-corrected chi connectivity index (χ4v) is 5.60. The summed E-state index contributed by atoms with van der Waals surface area (Å²) >= 11 is 0. The van der Waals surface area contributed by atoms with Crippen molar-refractivity contribution in [1.29, 1.82) is 0 Å². The van der Waals surface area contributed by atoms with Crippen LogP contribution in [0, 0.1) is 0 Å². The summed E-state index contributed by atoms with van der Waals surface area (Å²) in [6.07, 6.45) is 2.25. The summed E-state index contributed by atoms with van der Waals surface area (Å²) in [6, 6.07) is 20.6. The smallest absolute Gasteiger partial charge is 0.352 e. The normalized spacial score (nSPS) is 15.1. The zero-order valence-electron chi connectivity index (χ0n) is 22.2. The molecular weight excluding hydrogens is 499 g/mol. The third-order valence-electron chi connectivity index (χ3n) is 7.83. The molecule has 1 aromatic heterocycles. The lowest BCUT2D eigenvalue weighted by molar-refractivity contribution is -0.137. The van der Waals surface area contributed by atoms with Gasteiger partial charge in [0.2, 0.25) is 0 Å². The molecule has 1 amide bonds. The van der Waals surface area contributed by atoms with Crippen LogP contribution in [-0.4, -0.2) is 41.6 Å². The van der Waals surface area contributed by atoms with Crippen molar-refractivity contribution in [3.8, 4) is 11.1 Å². The maximum atomic E-state index is 12.8. The SMILES string of the molecule is Cn1cc(C2CCN(CCCCNC(=O)c3ccc(-c4ccc(C(F)(F)F)cc4)cc3)CC2)c2ccccc21. The van der Waals surface area contributed by atoms with Crippen LogP contribution in [0.3, 0.4) is 0 Å². The number of fused-ring (bicyclic) bond motifs is 1. The maximum Gasteiger partial charge on any atom is 0.416 e. The van der Waals surface area contributed by atoms with E-state index in [0.29, 0.717) is 23.6 Å². The van der Waals surface area contributed by atoms with Gasteiger partial charge in [-0.2, -0.15) is 13.2 Å². The molecule has 4 nitrogen and oxygen atoms in total. The standard InChI is InChI=1S/C32H34F3N3O/c1-37-22-29(28-6-2-3-7-30(28)37)25-16-20-38(21-17-25)19-5-4-18-36-31(39)26-10-8-23(9-11-26)24-12-14-27(15-13-24)32(33,34)35/h2-3,6-15,22,25H,4-5,16-21H2,1H3,(H,36,39). The van der Waals surface area contributed by atoms with Gasteiger partial charge in [-0.1, -0.05) is 42.5 Å². The first kappa shape index (κ1) is 27.0. The van der Waals surface area contributed by atoms with Crippen molar-refractivity contribution in [2.75, 3.05) is 26.2 Å². The lowest BCUT2D eigenvalue weighted by Crippen LogP contribution is -2.34. The number of piperidine rings is 1. The number of nitrogens with one attached hydrogen (secondary N) is 1. The second kappa shape index (κ2) is 11.7. The number of benzene rings is 3. The van der Waals surface area contributed by atoms with Gasteiger partial charge in [0, 0.05) is 36.3 Å². The number of carbonyl (C=O) groups is 1. The highest BCUT2D eigenvalue weighted by Crippen LogP contribution is 2.34. The Labute approximate surface area is 227 Å². The molecule has 1 aliphatic rings. The van der Waals surface area contributed by atoms with Gasteiger partial charge in [0.15, 0.2) is 0 Å². The molecule has 0 bridgehead atoms. The third kappa shape index (κ3) is 6.36. The Morgan fingerprint density at radius 1 is 0.897 bits per heavy atom. The minimum atomic E-state index is -4.35. The van der Waals surface area contributed by atoms with E-state index in [0.717, 1.165) is 50.2 Å². The molecule has 0 unspecified atom stereocenters. The third-order valence-corrected chi connectivity index (χ3v) is 7.83. The first-order valence-electron chi connectivity index (χ1n) is 13.6. The van der Waals surface area contributed by atoms with Crippen LogP contribution in [-0.2, 0) is 13.2 Å². The van der Waals surface area contributed by atoms with Crippen LogP contribution in [0.5, 0.6) is 0 Å². The van der Waals surface area contributed by atoms with Crippen LogP contribution in [0.4, 0.5) is 13.2 Å². The predicted octanol–water partition coefficient (Wildman–Crippen LogP) is 7.25. The molecule has 0 atom stereocenters. The van der Waals surface area contributed by atoms with Gasteiger partial charge in [-0.15, -0.1) is 0 Å². The number of aryl methyl sites for hydroxylation is 1. The molecule has 0 radical (unpaired) electrons. The molecule has 1 aliphatic heterocycles. The van der Waals surface area contributed by atoms with E-state index in [-0.39, 0.29) is 5.91 Å². The first-order valence-corrected chi connectivity index (χ1v) is 13.6. The second-order valence-electron chi connectivity index (χ2n) is 10.4. The average molecular weight is 534 g/mol. The Morgan fingerprint density at radius 3 is 2.21 bits per heavy atom. The number of unbranched alkanes of at least 4 members (excludes halogenated alkanes) is 1. The van der Waals surface area contributed by atoms with Gasteiger partial charge in [0.05, 0.1) is 5.56 Å². The van der Waals surface area contributed by atoms with Crippen molar-refractivity contribution in [3.63, 3.8) is 0 Å². The van der Waals surface area contributed by atoms with E-state index < -0.39 is 11.7 Å². The molecule has 7 heteroatoms. The lowest BCUT2D eigenvalue weighted by Gasteiger charge is -2.32. The summed E-state index contributed by atoms with van der Waals surface area (Å²) in [4.78, 5) is 15.1. The highest BCUT2D eigenvalue weighted by Gasteiger charge is 2.30. The first-order chi connectivity index (χ1) is 18.8. The van der Waals surface area contributed by atoms with E-state index in [4.69, 9.17) is 0 Å². The molecule has 204 valence electrons. The molecule has 1 N–H and O–H groups in total. The Kier molecular flexibility index (Phi) is 8.07. The average Bonchev–Trinajstić information content (AvgIpc) is 3.29. The number of carbonyl (C=O) groups excluding carboxylic acids is 1. The van der Waals surface area contributed by atoms with Crippen molar-refractivity contribution < 1.29 is 18.0 Å². The fourth-order valence-electron chi connectivity index (χ4n) is 5.60. The molecule has 39 heavy (non-hydrogen) atoms. The van der Waals surface area contributed by atoms with Gasteiger partial charge in [0.1, 0.15) is 0 Å². The quantitative estimate of drug-likeness (QED) is 0.242. The molecule has 3 aromatic carbocycles. The largest absolute Gasteiger partial charge is 0.416 e. The Morgan fingerprint density at radius 2 is 1.54 bits per heavy atom. The van der Waals surface area contributed by atoms with E-state index in [1.54, 1.807) is 24.3 Å². The van der Waals surface area contributed by atoms with Gasteiger partial charge in [-0.3, -0.25) is 4.79 Å². The summed E-state index contributed by atoms with van der Waals surface area (Å²) < 4.78 is 40.6. The number of hydrogen-bond donors (Lipinski definition) is 1. The number of likely N-dealkylation sites (tertiary alicyclic amines) is 1. The van der Waals surface area contributed by atoms with Gasteiger partial charge in [-0.05, 0) is 98.3 Å². The summed E-state index contributed by atoms with van der Waals surface area (Å²) in [6.45, 7) is 3.86. The highest BCUT2D eigenvalue weighted by molar-refractivity contribution is 5.94. The molecule has 4 aromatic rings. The summed E-state index contributed by atoms with van der Waals surface area (Å²) in [7, 11) is 2.12. The molecule has 5 rings (SSSR count). The lowest BCUT2D eigenvalue weighted by atomic mass is 9.89. The Balaban J connectivity index is 1.02. The Bertz CT molecular complexity index is 1400. The number of halogens is 3. The molecule has 1 saturated heterocycles. The van der Waals surface area contributed by atoms with Crippen LogP contribution in [0.2, 0.25) is 0 Å². The van der Waals surface area contributed by atoms with Crippen LogP contribution >= 0.6 is 0 Å². The van der Waals surface area contributed by atoms with E-state index in [1.807, 2.05) is 0 Å². The van der Waals surface area contributed by atoms with Gasteiger partial charge in [-0.25, -0.2) is 0 Å². The summed E-state index contributed by atoms with van der Waals surface area (Å²) in [5.74, 6) is 0.474. The van der Waals surface area contributed by atoms with Crippen LogP contribution < -0.4 is 5.32 Å². The topological polar surface area (TPSA) is 37.3 Å². The van der Waals surface area contributed by atoms with Crippen molar-refractivity contribution in [2.24, 2.45) is 7.05 Å². The van der Waals surface area contributed by atoms with Crippen LogP contribution in [0.1, 0.15) is 53.1 Å². The minimum absolute atomic E-state index is 0.134. The van der Waals surface area contributed by atoms with Gasteiger partial charge < -0.3 is 14.8 Å². The molecule has 0 saturated carbocycles. The number of aromatic nitrogens is 1. The van der Waals surface area contributed by atoms with Crippen LogP contribution in [0.25, 0.3) is 22.0 Å². The van der Waals surface area contributed by atoms with Crippen LogP contribution in [0.15, 0.2) is 79.0 Å². The molecule has 0 aliphatic carbocycles. The number of alkyl halides is 3.